The van der Waals surface area contributed by atoms with Gasteiger partial charge in [0.1, 0.15) is 0 Å². The van der Waals surface area contributed by atoms with Crippen molar-refractivity contribution in [1.29, 1.82) is 0 Å². The monoisotopic (exact) mass is 288 g/mol. The van der Waals surface area contributed by atoms with Crippen LogP contribution < -0.4 is 0 Å². The summed E-state index contributed by atoms with van der Waals surface area (Å²) in [6, 6.07) is 19.7. The standard InChI is InChI=1S/2C7H7.Pd/c2*1-7-5-3-2-4-6-7;/h2*2-6H,1H2;/q2*-1;+2. The van der Waals surface area contributed by atoms with Crippen molar-refractivity contribution < 1.29 is 20.4 Å². The average Bonchev–Trinajstić information content (AvgIpc) is 2.21. The molecule has 0 aliphatic carbocycles. The first-order chi connectivity index (χ1) is 6.79. The zero-order valence-electron chi connectivity index (χ0n) is 8.50. The molecule has 0 heterocycles. The van der Waals surface area contributed by atoms with Crippen molar-refractivity contribution in [1.82, 2.24) is 0 Å². The number of benzene rings is 2. The second-order valence-electron chi connectivity index (χ2n) is 2.97. The Morgan fingerprint density at radius 1 is 0.533 bits per heavy atom. The maximum Gasteiger partial charge on any atom is 2.00 e. The fourth-order valence-corrected chi connectivity index (χ4v) is 0.956. The summed E-state index contributed by atoms with van der Waals surface area (Å²) in [5, 5.41) is 0. The van der Waals surface area contributed by atoms with Crippen LogP contribution in [0, 0.1) is 13.8 Å². The molecular formula is C14H14Pd. The van der Waals surface area contributed by atoms with E-state index in [0.29, 0.717) is 0 Å². The van der Waals surface area contributed by atoms with E-state index in [9.17, 15) is 0 Å². The normalized spacial score (nSPS) is 8.00. The molecule has 0 aromatic heterocycles. The first-order valence-corrected chi connectivity index (χ1v) is 4.53. The molecule has 0 unspecified atom stereocenters. The molecular weight excluding hydrogens is 275 g/mol. The van der Waals surface area contributed by atoms with Crippen LogP contribution in [0.15, 0.2) is 60.7 Å². The second-order valence-corrected chi connectivity index (χ2v) is 2.97. The van der Waals surface area contributed by atoms with Gasteiger partial charge in [0.2, 0.25) is 0 Å². The van der Waals surface area contributed by atoms with Gasteiger partial charge in [-0.15, -0.1) is 24.3 Å². The van der Waals surface area contributed by atoms with Crippen LogP contribution in [0.5, 0.6) is 0 Å². The summed E-state index contributed by atoms with van der Waals surface area (Å²) < 4.78 is 0. The third-order valence-corrected chi connectivity index (χ3v) is 1.69. The SMILES string of the molecule is [CH2-]c1ccccc1.[CH2-]c1ccccc1.[Pd+2]. The third-order valence-electron chi connectivity index (χ3n) is 1.69. The Morgan fingerprint density at radius 3 is 0.933 bits per heavy atom. The molecule has 0 nitrogen and oxygen atoms in total. The van der Waals surface area contributed by atoms with Crippen LogP contribution in [0.25, 0.3) is 0 Å². The quantitative estimate of drug-likeness (QED) is 0.512. The van der Waals surface area contributed by atoms with E-state index in [2.05, 4.69) is 13.8 Å². The van der Waals surface area contributed by atoms with Crippen molar-refractivity contribution in [3.8, 4) is 0 Å². The van der Waals surface area contributed by atoms with Gasteiger partial charge in [-0.05, 0) is 0 Å². The van der Waals surface area contributed by atoms with E-state index >= 15 is 0 Å². The van der Waals surface area contributed by atoms with Crippen molar-refractivity contribution in [2.75, 3.05) is 0 Å². The summed E-state index contributed by atoms with van der Waals surface area (Å²) in [4.78, 5) is 0. The minimum Gasteiger partial charge on any atom is -0.199 e. The summed E-state index contributed by atoms with van der Waals surface area (Å²) in [5.74, 6) is 0. The van der Waals surface area contributed by atoms with Gasteiger partial charge in [-0.25, -0.2) is 0 Å². The molecule has 0 fully saturated rings. The Balaban J connectivity index is 0.000000245. The molecule has 0 aliphatic rings. The van der Waals surface area contributed by atoms with Crippen LogP contribution in [-0.4, -0.2) is 0 Å². The summed E-state index contributed by atoms with van der Waals surface area (Å²) in [5.41, 5.74) is 2.14. The van der Waals surface area contributed by atoms with E-state index in [4.69, 9.17) is 0 Å². The number of hydrogen-bond donors (Lipinski definition) is 0. The minimum atomic E-state index is 0. The Bertz CT molecular complexity index is 303. The molecule has 0 N–H and O–H groups in total. The molecule has 0 bridgehead atoms. The van der Waals surface area contributed by atoms with Gasteiger partial charge in [0.15, 0.2) is 0 Å². The molecule has 0 atom stereocenters. The molecule has 0 aliphatic heterocycles. The molecule has 0 spiro atoms. The van der Waals surface area contributed by atoms with Gasteiger partial charge in [0.05, 0.1) is 0 Å². The van der Waals surface area contributed by atoms with Crippen molar-refractivity contribution >= 4 is 0 Å². The zero-order chi connectivity index (χ0) is 10.2. The van der Waals surface area contributed by atoms with Crippen LogP contribution >= 0.6 is 0 Å². The summed E-state index contributed by atoms with van der Waals surface area (Å²) in [6.07, 6.45) is 0. The summed E-state index contributed by atoms with van der Waals surface area (Å²) in [7, 11) is 0. The molecule has 80 valence electrons. The fourth-order valence-electron chi connectivity index (χ4n) is 0.956. The topological polar surface area (TPSA) is 0 Å². The van der Waals surface area contributed by atoms with E-state index in [-0.39, 0.29) is 20.4 Å². The Labute approximate surface area is 106 Å². The van der Waals surface area contributed by atoms with Crippen molar-refractivity contribution in [2.45, 2.75) is 0 Å². The molecule has 2 rings (SSSR count). The largest absolute Gasteiger partial charge is 2.00 e. The van der Waals surface area contributed by atoms with Gasteiger partial charge in [-0.1, -0.05) is 12.1 Å². The second kappa shape index (κ2) is 8.18. The Morgan fingerprint density at radius 2 is 0.800 bits per heavy atom. The van der Waals surface area contributed by atoms with E-state index in [0.717, 1.165) is 11.1 Å². The number of rotatable bonds is 0. The first kappa shape index (κ1) is 13.8. The van der Waals surface area contributed by atoms with Crippen LogP contribution in [0.4, 0.5) is 0 Å². The molecule has 2 aromatic carbocycles. The zero-order valence-corrected chi connectivity index (χ0v) is 10.1. The average molecular weight is 289 g/mol. The first-order valence-electron chi connectivity index (χ1n) is 4.53. The van der Waals surface area contributed by atoms with Crippen LogP contribution in [0.1, 0.15) is 11.1 Å². The Kier molecular flexibility index (Phi) is 7.54. The van der Waals surface area contributed by atoms with Crippen LogP contribution in [0.3, 0.4) is 0 Å². The van der Waals surface area contributed by atoms with Crippen molar-refractivity contribution in [2.24, 2.45) is 0 Å². The van der Waals surface area contributed by atoms with E-state index in [1.54, 1.807) is 0 Å². The van der Waals surface area contributed by atoms with E-state index in [1.807, 2.05) is 60.7 Å². The summed E-state index contributed by atoms with van der Waals surface area (Å²) >= 11 is 0. The van der Waals surface area contributed by atoms with Crippen LogP contribution in [0.2, 0.25) is 0 Å². The molecule has 0 radical (unpaired) electrons. The molecule has 0 amide bonds. The van der Waals surface area contributed by atoms with E-state index in [1.165, 1.54) is 0 Å². The van der Waals surface area contributed by atoms with Gasteiger partial charge in [0.25, 0.3) is 0 Å². The maximum atomic E-state index is 3.72. The van der Waals surface area contributed by atoms with Gasteiger partial charge >= 0.3 is 20.4 Å². The van der Waals surface area contributed by atoms with Gasteiger partial charge < -0.3 is 0 Å². The Hall–Kier alpha value is -1.16. The smallest absolute Gasteiger partial charge is 0.199 e. The summed E-state index contributed by atoms with van der Waals surface area (Å²) in [6.45, 7) is 7.44. The van der Waals surface area contributed by atoms with Gasteiger partial charge in [-0.3, -0.25) is 0 Å². The van der Waals surface area contributed by atoms with E-state index < -0.39 is 0 Å². The van der Waals surface area contributed by atoms with Crippen LogP contribution in [-0.2, 0) is 20.4 Å². The predicted octanol–water partition coefficient (Wildman–Crippen LogP) is 3.74. The molecule has 1 heteroatoms. The molecule has 2 aromatic rings. The van der Waals surface area contributed by atoms with Crippen molar-refractivity contribution in [3.05, 3.63) is 85.6 Å². The molecule has 0 saturated carbocycles. The van der Waals surface area contributed by atoms with Gasteiger partial charge in [-0.2, -0.15) is 49.2 Å². The molecule has 15 heavy (non-hydrogen) atoms. The van der Waals surface area contributed by atoms with Crippen molar-refractivity contribution in [3.63, 3.8) is 0 Å². The number of hydrogen-bond acceptors (Lipinski definition) is 0. The maximum absolute atomic E-state index is 3.72. The predicted molar refractivity (Wildman–Crippen MR) is 61.8 cm³/mol. The molecule has 0 saturated heterocycles. The fraction of sp³-hybridized carbons (Fsp3) is 0. The third kappa shape index (κ3) is 6.85. The van der Waals surface area contributed by atoms with Gasteiger partial charge in [0, 0.05) is 0 Å². The minimum absolute atomic E-state index is 0.